The fraction of sp³-hybridized carbons (Fsp3) is 0.333. The first-order valence-corrected chi connectivity index (χ1v) is 3.86. The molecule has 1 aromatic rings. The van der Waals surface area contributed by atoms with Crippen LogP contribution < -0.4 is 16.4 Å². The molecule has 0 aliphatic carbocycles. The van der Waals surface area contributed by atoms with Crippen molar-refractivity contribution in [1.82, 2.24) is 0 Å². The van der Waals surface area contributed by atoms with Crippen LogP contribution in [0.4, 0.5) is 17.1 Å². The van der Waals surface area contributed by atoms with E-state index >= 15 is 0 Å². The van der Waals surface area contributed by atoms with E-state index in [1.54, 1.807) is 0 Å². The van der Waals surface area contributed by atoms with Crippen molar-refractivity contribution in [3.05, 3.63) is 17.7 Å². The van der Waals surface area contributed by atoms with Gasteiger partial charge in [-0.2, -0.15) is 0 Å². The van der Waals surface area contributed by atoms with Crippen molar-refractivity contribution in [2.45, 2.75) is 6.92 Å². The molecule has 66 valence electrons. The molecule has 0 aliphatic heterocycles. The number of anilines is 3. The van der Waals surface area contributed by atoms with Crippen LogP contribution in [0.5, 0.6) is 0 Å². The van der Waals surface area contributed by atoms with Gasteiger partial charge in [0, 0.05) is 14.1 Å². The summed E-state index contributed by atoms with van der Waals surface area (Å²) in [5, 5.41) is 0. The first kappa shape index (κ1) is 8.71. The minimum atomic E-state index is 0.667. The van der Waals surface area contributed by atoms with Crippen LogP contribution in [0.3, 0.4) is 0 Å². The molecular weight excluding hydrogens is 150 g/mol. The van der Waals surface area contributed by atoms with Gasteiger partial charge in [0.15, 0.2) is 0 Å². The Bertz CT molecular complexity index is 292. The fourth-order valence-electron chi connectivity index (χ4n) is 1.12. The molecule has 1 aromatic carbocycles. The van der Waals surface area contributed by atoms with Crippen molar-refractivity contribution in [1.29, 1.82) is 0 Å². The van der Waals surface area contributed by atoms with E-state index in [4.69, 9.17) is 11.5 Å². The van der Waals surface area contributed by atoms with Crippen LogP contribution in [0.1, 0.15) is 5.56 Å². The van der Waals surface area contributed by atoms with Gasteiger partial charge in [-0.05, 0) is 18.6 Å². The maximum absolute atomic E-state index is 5.82. The summed E-state index contributed by atoms with van der Waals surface area (Å²) < 4.78 is 0. The van der Waals surface area contributed by atoms with Gasteiger partial charge in [0.2, 0.25) is 0 Å². The minimum Gasteiger partial charge on any atom is -0.397 e. The summed E-state index contributed by atoms with van der Waals surface area (Å²) in [6.45, 7) is 1.95. The number of rotatable bonds is 1. The quantitative estimate of drug-likeness (QED) is 0.615. The highest BCUT2D eigenvalue weighted by Crippen LogP contribution is 2.29. The Kier molecular flexibility index (Phi) is 2.13. The van der Waals surface area contributed by atoms with E-state index in [0.717, 1.165) is 11.3 Å². The molecule has 3 nitrogen and oxygen atoms in total. The van der Waals surface area contributed by atoms with Gasteiger partial charge in [0.25, 0.3) is 0 Å². The molecule has 0 bridgehead atoms. The lowest BCUT2D eigenvalue weighted by atomic mass is 10.1. The van der Waals surface area contributed by atoms with Gasteiger partial charge in [-0.1, -0.05) is 6.07 Å². The molecule has 0 atom stereocenters. The number of hydrogen-bond donors (Lipinski definition) is 2. The zero-order valence-corrected chi connectivity index (χ0v) is 7.76. The molecule has 0 aliphatic rings. The summed E-state index contributed by atoms with van der Waals surface area (Å²) in [5.74, 6) is 0. The largest absolute Gasteiger partial charge is 0.397 e. The number of aryl methyl sites for hydroxylation is 1. The second-order valence-corrected chi connectivity index (χ2v) is 3.12. The molecule has 4 N–H and O–H groups in total. The average Bonchev–Trinajstić information content (AvgIpc) is 2.00. The van der Waals surface area contributed by atoms with Crippen LogP contribution in [-0.2, 0) is 0 Å². The van der Waals surface area contributed by atoms with Gasteiger partial charge in [-0.15, -0.1) is 0 Å². The van der Waals surface area contributed by atoms with E-state index < -0.39 is 0 Å². The van der Waals surface area contributed by atoms with E-state index in [1.807, 2.05) is 38.1 Å². The van der Waals surface area contributed by atoms with E-state index in [2.05, 4.69) is 0 Å². The molecule has 0 saturated carbocycles. The van der Waals surface area contributed by atoms with Crippen LogP contribution in [0.2, 0.25) is 0 Å². The van der Waals surface area contributed by atoms with E-state index in [9.17, 15) is 0 Å². The minimum absolute atomic E-state index is 0.667. The van der Waals surface area contributed by atoms with Crippen molar-refractivity contribution in [2.75, 3.05) is 30.5 Å². The van der Waals surface area contributed by atoms with Crippen molar-refractivity contribution < 1.29 is 0 Å². The molecule has 0 aromatic heterocycles. The van der Waals surface area contributed by atoms with Crippen molar-refractivity contribution in [3.63, 3.8) is 0 Å². The maximum Gasteiger partial charge on any atom is 0.0788 e. The van der Waals surface area contributed by atoms with Gasteiger partial charge in [-0.25, -0.2) is 0 Å². The van der Waals surface area contributed by atoms with Crippen molar-refractivity contribution in [2.24, 2.45) is 0 Å². The van der Waals surface area contributed by atoms with Crippen LogP contribution in [-0.4, -0.2) is 14.1 Å². The zero-order chi connectivity index (χ0) is 9.30. The number of nitrogens with zero attached hydrogens (tertiary/aromatic N) is 1. The Hall–Kier alpha value is -1.38. The van der Waals surface area contributed by atoms with E-state index in [1.165, 1.54) is 0 Å². The monoisotopic (exact) mass is 165 g/mol. The Morgan fingerprint density at radius 2 is 1.67 bits per heavy atom. The predicted molar refractivity (Wildman–Crippen MR) is 54.3 cm³/mol. The average molecular weight is 165 g/mol. The van der Waals surface area contributed by atoms with Crippen molar-refractivity contribution in [3.8, 4) is 0 Å². The maximum atomic E-state index is 5.82. The zero-order valence-electron chi connectivity index (χ0n) is 7.76. The van der Waals surface area contributed by atoms with E-state index in [-0.39, 0.29) is 0 Å². The lowest BCUT2D eigenvalue weighted by molar-refractivity contribution is 1.13. The van der Waals surface area contributed by atoms with Crippen LogP contribution in [0, 0.1) is 6.92 Å². The third-order valence-electron chi connectivity index (χ3n) is 1.96. The standard InChI is InChI=1S/C9H15N3/c1-6-4-5-7(12(2)3)9(11)8(6)10/h4-5H,10-11H2,1-3H3. The number of nitrogens with two attached hydrogens (primary N) is 2. The van der Waals surface area contributed by atoms with Gasteiger partial charge in [0.1, 0.15) is 0 Å². The van der Waals surface area contributed by atoms with E-state index in [0.29, 0.717) is 11.4 Å². The summed E-state index contributed by atoms with van der Waals surface area (Å²) in [6.07, 6.45) is 0. The molecule has 3 heteroatoms. The number of hydrogen-bond acceptors (Lipinski definition) is 3. The van der Waals surface area contributed by atoms with Gasteiger partial charge in [0.05, 0.1) is 17.1 Å². The third kappa shape index (κ3) is 1.30. The molecule has 0 heterocycles. The van der Waals surface area contributed by atoms with Crippen molar-refractivity contribution >= 4 is 17.1 Å². The highest BCUT2D eigenvalue weighted by atomic mass is 15.1. The molecule has 0 radical (unpaired) electrons. The first-order chi connectivity index (χ1) is 5.54. The second kappa shape index (κ2) is 2.93. The predicted octanol–water partition coefficient (Wildman–Crippen LogP) is 1.23. The highest BCUT2D eigenvalue weighted by molar-refractivity contribution is 5.81. The van der Waals surface area contributed by atoms with Crippen LogP contribution in [0.25, 0.3) is 0 Å². The van der Waals surface area contributed by atoms with Crippen LogP contribution >= 0.6 is 0 Å². The summed E-state index contributed by atoms with van der Waals surface area (Å²) in [4.78, 5) is 1.95. The third-order valence-corrected chi connectivity index (χ3v) is 1.96. The fourth-order valence-corrected chi connectivity index (χ4v) is 1.12. The Balaban J connectivity index is 3.27. The van der Waals surface area contributed by atoms with Gasteiger partial charge in [-0.3, -0.25) is 0 Å². The van der Waals surface area contributed by atoms with Gasteiger partial charge < -0.3 is 16.4 Å². The normalized spacial score (nSPS) is 9.92. The SMILES string of the molecule is Cc1ccc(N(C)C)c(N)c1N. The molecule has 0 amide bonds. The summed E-state index contributed by atoms with van der Waals surface area (Å²) in [5.41, 5.74) is 14.9. The Morgan fingerprint density at radius 1 is 1.08 bits per heavy atom. The molecule has 1 rings (SSSR count). The molecule has 0 spiro atoms. The molecule has 0 saturated heterocycles. The highest BCUT2D eigenvalue weighted by Gasteiger charge is 2.05. The number of nitrogen functional groups attached to an aromatic ring is 2. The lowest BCUT2D eigenvalue weighted by Gasteiger charge is -2.17. The summed E-state index contributed by atoms with van der Waals surface area (Å²) >= 11 is 0. The molecule has 12 heavy (non-hydrogen) atoms. The summed E-state index contributed by atoms with van der Waals surface area (Å²) in [7, 11) is 3.89. The molecule has 0 fully saturated rings. The molecular formula is C9H15N3. The second-order valence-electron chi connectivity index (χ2n) is 3.12. The molecule has 0 unspecified atom stereocenters. The first-order valence-electron chi connectivity index (χ1n) is 3.86. The number of benzene rings is 1. The van der Waals surface area contributed by atoms with Crippen LogP contribution in [0.15, 0.2) is 12.1 Å². The summed E-state index contributed by atoms with van der Waals surface area (Å²) in [6, 6.07) is 3.95. The smallest absolute Gasteiger partial charge is 0.0788 e. The van der Waals surface area contributed by atoms with Gasteiger partial charge >= 0.3 is 0 Å². The Morgan fingerprint density at radius 3 is 2.17 bits per heavy atom. The topological polar surface area (TPSA) is 55.3 Å². The lowest BCUT2D eigenvalue weighted by Crippen LogP contribution is -2.12. The Labute approximate surface area is 73.0 Å².